The van der Waals surface area contributed by atoms with Crippen LogP contribution in [0, 0.1) is 0 Å². The molecule has 0 radical (unpaired) electrons. The molecule has 2 amide bonds. The first-order valence-electron chi connectivity index (χ1n) is 9.90. The third-order valence-corrected chi connectivity index (χ3v) is 6.07. The van der Waals surface area contributed by atoms with Crippen molar-refractivity contribution in [2.24, 2.45) is 0 Å². The van der Waals surface area contributed by atoms with Crippen molar-refractivity contribution in [3.05, 3.63) is 71.8 Å². The van der Waals surface area contributed by atoms with Crippen molar-refractivity contribution in [3.63, 3.8) is 0 Å². The van der Waals surface area contributed by atoms with Gasteiger partial charge in [-0.05, 0) is 30.5 Å². The summed E-state index contributed by atoms with van der Waals surface area (Å²) in [6, 6.07) is 19.6. The van der Waals surface area contributed by atoms with Crippen LogP contribution in [0.15, 0.2) is 60.7 Å². The summed E-state index contributed by atoms with van der Waals surface area (Å²) in [6.45, 7) is 2.44. The topological polar surface area (TPSA) is 40.6 Å². The van der Waals surface area contributed by atoms with Crippen LogP contribution in [0.25, 0.3) is 0 Å². The molecule has 1 saturated heterocycles. The molecule has 0 N–H and O–H groups in total. The maximum absolute atomic E-state index is 13.5. The Kier molecular flexibility index (Phi) is 4.97. The van der Waals surface area contributed by atoms with Crippen molar-refractivity contribution in [3.8, 4) is 0 Å². The highest BCUT2D eigenvalue weighted by molar-refractivity contribution is 5.94. The molecule has 0 bridgehead atoms. The quantitative estimate of drug-likeness (QED) is 0.839. The molecule has 1 aliphatic carbocycles. The molecular weight excluding hydrogens is 336 g/mol. The van der Waals surface area contributed by atoms with E-state index < -0.39 is 0 Å². The number of nitrogens with zero attached hydrogens (tertiary/aromatic N) is 2. The van der Waals surface area contributed by atoms with Crippen LogP contribution in [-0.4, -0.2) is 47.8 Å². The maximum atomic E-state index is 13.5. The molecule has 2 aromatic carbocycles. The molecule has 1 saturated carbocycles. The van der Waals surface area contributed by atoms with Gasteiger partial charge in [-0.25, -0.2) is 0 Å². The number of hydrogen-bond donors (Lipinski definition) is 0. The fourth-order valence-corrected chi connectivity index (χ4v) is 4.54. The van der Waals surface area contributed by atoms with Crippen molar-refractivity contribution < 1.29 is 9.59 Å². The molecule has 0 atom stereocenters. The standard InChI is InChI=1S/C23H26N2O2/c26-21(19-9-3-1-4-10-19)24-15-17-25(18-16-24)22(27)23(13-7-8-14-23)20-11-5-2-6-12-20/h1-6,9-12H,7-8,13-18H2. The Balaban J connectivity index is 1.46. The monoisotopic (exact) mass is 362 g/mol. The van der Waals surface area contributed by atoms with E-state index in [1.165, 1.54) is 0 Å². The second kappa shape index (κ2) is 7.55. The third-order valence-electron chi connectivity index (χ3n) is 6.07. The van der Waals surface area contributed by atoms with Gasteiger partial charge >= 0.3 is 0 Å². The van der Waals surface area contributed by atoms with Gasteiger partial charge in [0.15, 0.2) is 0 Å². The molecule has 140 valence electrons. The molecule has 27 heavy (non-hydrogen) atoms. The summed E-state index contributed by atoms with van der Waals surface area (Å²) in [5.74, 6) is 0.305. The minimum absolute atomic E-state index is 0.0568. The predicted molar refractivity (Wildman–Crippen MR) is 106 cm³/mol. The number of hydrogen-bond acceptors (Lipinski definition) is 2. The Hall–Kier alpha value is -2.62. The molecule has 0 aromatic heterocycles. The van der Waals surface area contributed by atoms with Gasteiger partial charge in [-0.3, -0.25) is 9.59 Å². The van der Waals surface area contributed by atoms with Gasteiger partial charge in [0.05, 0.1) is 5.41 Å². The lowest BCUT2D eigenvalue weighted by atomic mass is 9.77. The molecule has 1 heterocycles. The molecule has 4 rings (SSSR count). The summed E-state index contributed by atoms with van der Waals surface area (Å²) in [6.07, 6.45) is 4.07. The van der Waals surface area contributed by atoms with Gasteiger partial charge in [-0.15, -0.1) is 0 Å². The van der Waals surface area contributed by atoms with E-state index in [9.17, 15) is 9.59 Å². The second-order valence-corrected chi connectivity index (χ2v) is 7.61. The average Bonchev–Trinajstić information content (AvgIpc) is 3.25. The molecule has 0 spiro atoms. The van der Waals surface area contributed by atoms with Crippen molar-refractivity contribution in [1.82, 2.24) is 9.80 Å². The van der Waals surface area contributed by atoms with E-state index >= 15 is 0 Å². The van der Waals surface area contributed by atoms with Crippen LogP contribution in [-0.2, 0) is 10.2 Å². The van der Waals surface area contributed by atoms with E-state index in [0.717, 1.165) is 31.2 Å². The Morgan fingerprint density at radius 1 is 0.704 bits per heavy atom. The van der Waals surface area contributed by atoms with Gasteiger partial charge in [0, 0.05) is 31.7 Å². The van der Waals surface area contributed by atoms with E-state index in [1.54, 1.807) is 0 Å². The fourth-order valence-electron chi connectivity index (χ4n) is 4.54. The zero-order chi connectivity index (χ0) is 18.7. The van der Waals surface area contributed by atoms with Gasteiger partial charge in [0.25, 0.3) is 5.91 Å². The van der Waals surface area contributed by atoms with Crippen molar-refractivity contribution >= 4 is 11.8 Å². The molecule has 2 fully saturated rings. The van der Waals surface area contributed by atoms with Crippen LogP contribution in [0.2, 0.25) is 0 Å². The van der Waals surface area contributed by atoms with Crippen molar-refractivity contribution in [1.29, 1.82) is 0 Å². The van der Waals surface area contributed by atoms with Gasteiger partial charge in [0.2, 0.25) is 5.91 Å². The Morgan fingerprint density at radius 3 is 1.81 bits per heavy atom. The molecule has 0 unspecified atom stereocenters. The third kappa shape index (κ3) is 3.36. The normalized spacial score (nSPS) is 19.1. The van der Waals surface area contributed by atoms with E-state index in [4.69, 9.17) is 0 Å². The van der Waals surface area contributed by atoms with Crippen molar-refractivity contribution in [2.75, 3.05) is 26.2 Å². The van der Waals surface area contributed by atoms with Crippen molar-refractivity contribution in [2.45, 2.75) is 31.1 Å². The minimum Gasteiger partial charge on any atom is -0.338 e. The number of carbonyl (C=O) groups is 2. The summed E-state index contributed by atoms with van der Waals surface area (Å²) in [5, 5.41) is 0. The Bertz CT molecular complexity index is 790. The molecule has 4 heteroatoms. The fraction of sp³-hybridized carbons (Fsp3) is 0.391. The lowest BCUT2D eigenvalue weighted by Gasteiger charge is -2.40. The lowest BCUT2D eigenvalue weighted by molar-refractivity contribution is -0.138. The summed E-state index contributed by atoms with van der Waals surface area (Å²) in [4.78, 5) is 30.0. The highest BCUT2D eigenvalue weighted by atomic mass is 16.2. The largest absolute Gasteiger partial charge is 0.338 e. The van der Waals surface area contributed by atoms with E-state index in [1.807, 2.05) is 58.3 Å². The average molecular weight is 362 g/mol. The van der Waals surface area contributed by atoms with Gasteiger partial charge in [0.1, 0.15) is 0 Å². The van der Waals surface area contributed by atoms with Crippen LogP contribution in [0.5, 0.6) is 0 Å². The number of carbonyl (C=O) groups excluding carboxylic acids is 2. The summed E-state index contributed by atoms with van der Waals surface area (Å²) in [7, 11) is 0. The van der Waals surface area contributed by atoms with Gasteiger partial charge in [-0.1, -0.05) is 61.4 Å². The number of piperazine rings is 1. The molecular formula is C23H26N2O2. The summed E-state index contributed by atoms with van der Waals surface area (Å²) < 4.78 is 0. The van der Waals surface area contributed by atoms with Crippen LogP contribution >= 0.6 is 0 Å². The molecule has 2 aromatic rings. The number of rotatable bonds is 3. The zero-order valence-corrected chi connectivity index (χ0v) is 15.6. The minimum atomic E-state index is -0.368. The first kappa shape index (κ1) is 17.8. The number of amides is 2. The van der Waals surface area contributed by atoms with E-state index in [2.05, 4.69) is 12.1 Å². The predicted octanol–water partition coefficient (Wildman–Crippen LogP) is 3.48. The lowest BCUT2D eigenvalue weighted by Crippen LogP contribution is -2.55. The van der Waals surface area contributed by atoms with E-state index in [-0.39, 0.29) is 17.2 Å². The first-order chi connectivity index (χ1) is 13.2. The smallest absolute Gasteiger partial charge is 0.253 e. The van der Waals surface area contributed by atoms with Crippen LogP contribution in [0.4, 0.5) is 0 Å². The van der Waals surface area contributed by atoms with Crippen LogP contribution < -0.4 is 0 Å². The molecule has 4 nitrogen and oxygen atoms in total. The summed E-state index contributed by atoms with van der Waals surface area (Å²) >= 11 is 0. The maximum Gasteiger partial charge on any atom is 0.253 e. The highest BCUT2D eigenvalue weighted by Crippen LogP contribution is 2.42. The SMILES string of the molecule is O=C(c1ccccc1)N1CCN(C(=O)C2(c3ccccc3)CCCC2)CC1. The first-order valence-corrected chi connectivity index (χ1v) is 9.90. The van der Waals surface area contributed by atoms with Gasteiger partial charge in [-0.2, -0.15) is 0 Å². The van der Waals surface area contributed by atoms with Gasteiger partial charge < -0.3 is 9.80 Å². The molecule has 2 aliphatic rings. The highest BCUT2D eigenvalue weighted by Gasteiger charge is 2.45. The van der Waals surface area contributed by atoms with E-state index in [0.29, 0.717) is 31.7 Å². The zero-order valence-electron chi connectivity index (χ0n) is 15.6. The second-order valence-electron chi connectivity index (χ2n) is 7.61. The van der Waals surface area contributed by atoms with Crippen LogP contribution in [0.3, 0.4) is 0 Å². The number of benzene rings is 2. The Labute approximate surface area is 160 Å². The van der Waals surface area contributed by atoms with Crippen LogP contribution in [0.1, 0.15) is 41.6 Å². The molecule has 1 aliphatic heterocycles. The summed E-state index contributed by atoms with van der Waals surface area (Å²) in [5.41, 5.74) is 1.50. The Morgan fingerprint density at radius 2 is 1.22 bits per heavy atom.